The number of carbonyl (C=O) groups excluding carboxylic acids is 1. The molecular weight excluding hydrogens is 388 g/mol. The van der Waals surface area contributed by atoms with Gasteiger partial charge in [0, 0.05) is 31.5 Å². The summed E-state index contributed by atoms with van der Waals surface area (Å²) in [4.78, 5) is 13.6. The van der Waals surface area contributed by atoms with Gasteiger partial charge in [0.05, 0.1) is 17.8 Å². The van der Waals surface area contributed by atoms with Crippen LogP contribution in [0.25, 0.3) is 0 Å². The van der Waals surface area contributed by atoms with Gasteiger partial charge in [-0.05, 0) is 31.4 Å². The number of rotatable bonds is 7. The zero-order valence-electron chi connectivity index (χ0n) is 16.9. The van der Waals surface area contributed by atoms with Crippen LogP contribution in [0, 0.1) is 0 Å². The molecular formula is C22H28N2O4S. The highest BCUT2D eigenvalue weighted by Gasteiger charge is 2.44. The number of piperidine rings is 1. The maximum atomic E-state index is 13.6. The van der Waals surface area contributed by atoms with Crippen LogP contribution in [0.2, 0.25) is 0 Å². The molecule has 0 aliphatic carbocycles. The van der Waals surface area contributed by atoms with Crippen molar-refractivity contribution < 1.29 is 17.9 Å². The molecule has 1 amide bonds. The molecule has 0 radical (unpaired) electrons. The van der Waals surface area contributed by atoms with Crippen LogP contribution in [0.5, 0.6) is 0 Å². The lowest BCUT2D eigenvalue weighted by Crippen LogP contribution is -2.51. The van der Waals surface area contributed by atoms with E-state index < -0.39 is 15.4 Å². The van der Waals surface area contributed by atoms with E-state index in [4.69, 9.17) is 4.74 Å². The molecule has 29 heavy (non-hydrogen) atoms. The fraction of sp³-hybridized carbons (Fsp3) is 0.409. The number of nitrogens with zero attached hydrogens (tertiary/aromatic N) is 1. The summed E-state index contributed by atoms with van der Waals surface area (Å²) in [6, 6.07) is 17.2. The lowest BCUT2D eigenvalue weighted by molar-refractivity contribution is -0.123. The van der Waals surface area contributed by atoms with E-state index in [0.29, 0.717) is 32.5 Å². The number of sulfonamides is 1. The van der Waals surface area contributed by atoms with E-state index in [0.717, 1.165) is 16.8 Å². The van der Waals surface area contributed by atoms with Crippen LogP contribution >= 0.6 is 0 Å². The number of anilines is 1. The minimum Gasteiger partial charge on any atom is -0.380 e. The molecule has 0 aromatic heterocycles. The Labute approximate surface area is 172 Å². The summed E-state index contributed by atoms with van der Waals surface area (Å²) in [5, 5.41) is 3.09. The van der Waals surface area contributed by atoms with Gasteiger partial charge in [-0.1, -0.05) is 48.5 Å². The zero-order chi connectivity index (χ0) is 20.9. The van der Waals surface area contributed by atoms with E-state index in [1.807, 2.05) is 54.6 Å². The highest BCUT2D eigenvalue weighted by molar-refractivity contribution is 7.89. The van der Waals surface area contributed by atoms with Gasteiger partial charge in [0.25, 0.3) is 0 Å². The lowest BCUT2D eigenvalue weighted by Gasteiger charge is -2.40. The van der Waals surface area contributed by atoms with Crippen molar-refractivity contribution in [1.29, 1.82) is 0 Å². The summed E-state index contributed by atoms with van der Waals surface area (Å²) in [6.07, 6.45) is 0.878. The van der Waals surface area contributed by atoms with Crippen molar-refractivity contribution >= 4 is 21.6 Å². The Morgan fingerprint density at radius 2 is 1.69 bits per heavy atom. The van der Waals surface area contributed by atoms with Gasteiger partial charge in [-0.2, -0.15) is 0 Å². The molecule has 7 heteroatoms. The monoisotopic (exact) mass is 416 g/mol. The number of ether oxygens (including phenoxy) is 1. The molecule has 1 saturated heterocycles. The van der Waals surface area contributed by atoms with E-state index in [1.54, 1.807) is 14.0 Å². The number of amides is 1. The normalized spacial score (nSPS) is 17.0. The topological polar surface area (TPSA) is 75.7 Å². The molecule has 2 aromatic rings. The Morgan fingerprint density at radius 3 is 2.31 bits per heavy atom. The van der Waals surface area contributed by atoms with Crippen LogP contribution in [0.1, 0.15) is 30.9 Å². The molecule has 1 aliphatic rings. The number of para-hydroxylation sites is 1. The average molecular weight is 417 g/mol. The number of hydrogen-bond acceptors (Lipinski definition) is 4. The molecule has 1 aliphatic heterocycles. The first-order valence-corrected chi connectivity index (χ1v) is 11.5. The van der Waals surface area contributed by atoms with Crippen molar-refractivity contribution in [2.45, 2.75) is 31.8 Å². The highest BCUT2D eigenvalue weighted by Crippen LogP contribution is 2.38. The van der Waals surface area contributed by atoms with Crippen LogP contribution in [0.3, 0.4) is 0 Å². The van der Waals surface area contributed by atoms with E-state index >= 15 is 0 Å². The van der Waals surface area contributed by atoms with Gasteiger partial charge < -0.3 is 10.1 Å². The van der Waals surface area contributed by atoms with Gasteiger partial charge >= 0.3 is 0 Å². The SMILES string of the molecule is CCS(=O)(=O)N1CCC(C(=O)Nc2ccccc2COC)(c2ccccc2)CC1. The summed E-state index contributed by atoms with van der Waals surface area (Å²) in [6.45, 7) is 2.71. The van der Waals surface area contributed by atoms with Crippen molar-refractivity contribution in [2.24, 2.45) is 0 Å². The summed E-state index contributed by atoms with van der Waals surface area (Å²) >= 11 is 0. The second-order valence-corrected chi connectivity index (χ2v) is 9.55. The predicted octanol–water partition coefficient (Wildman–Crippen LogP) is 3.16. The van der Waals surface area contributed by atoms with Gasteiger partial charge in [0.15, 0.2) is 0 Å². The minimum absolute atomic E-state index is 0.0714. The van der Waals surface area contributed by atoms with Gasteiger partial charge in [0.1, 0.15) is 0 Å². The number of carbonyl (C=O) groups is 1. The van der Waals surface area contributed by atoms with Gasteiger partial charge in [-0.15, -0.1) is 0 Å². The molecule has 0 spiro atoms. The molecule has 1 heterocycles. The summed E-state index contributed by atoms with van der Waals surface area (Å²) in [7, 11) is -1.65. The lowest BCUT2D eigenvalue weighted by atomic mass is 9.72. The Bertz CT molecular complexity index is 936. The molecule has 156 valence electrons. The van der Waals surface area contributed by atoms with Crippen molar-refractivity contribution in [3.8, 4) is 0 Å². The van der Waals surface area contributed by atoms with Crippen molar-refractivity contribution in [1.82, 2.24) is 4.31 Å². The van der Waals surface area contributed by atoms with Gasteiger partial charge in [-0.25, -0.2) is 12.7 Å². The molecule has 1 N–H and O–H groups in total. The Hall–Kier alpha value is -2.22. The third-order valence-corrected chi connectivity index (χ3v) is 7.54. The molecule has 6 nitrogen and oxygen atoms in total. The first-order chi connectivity index (χ1) is 13.9. The molecule has 1 fully saturated rings. The van der Waals surface area contributed by atoms with E-state index in [9.17, 15) is 13.2 Å². The van der Waals surface area contributed by atoms with Gasteiger partial charge in [-0.3, -0.25) is 4.79 Å². The summed E-state index contributed by atoms with van der Waals surface area (Å²) in [5.74, 6) is -0.0390. The second kappa shape index (κ2) is 9.07. The Morgan fingerprint density at radius 1 is 1.07 bits per heavy atom. The van der Waals surface area contributed by atoms with Crippen LogP contribution in [0.15, 0.2) is 54.6 Å². The third-order valence-electron chi connectivity index (χ3n) is 5.66. The van der Waals surface area contributed by atoms with Crippen LogP contribution in [-0.4, -0.2) is 44.6 Å². The average Bonchev–Trinajstić information content (AvgIpc) is 2.76. The fourth-order valence-corrected chi connectivity index (χ4v) is 5.00. The molecule has 0 saturated carbocycles. The fourth-order valence-electron chi connectivity index (χ4n) is 3.90. The second-order valence-electron chi connectivity index (χ2n) is 7.29. The Kier molecular flexibility index (Phi) is 6.72. The summed E-state index contributed by atoms with van der Waals surface area (Å²) in [5.41, 5.74) is 1.76. The largest absolute Gasteiger partial charge is 0.380 e. The van der Waals surface area contributed by atoms with Crippen LogP contribution in [0.4, 0.5) is 5.69 Å². The van der Waals surface area contributed by atoms with Gasteiger partial charge in [0.2, 0.25) is 15.9 Å². The number of benzene rings is 2. The quantitative estimate of drug-likeness (QED) is 0.752. The molecule has 0 atom stereocenters. The molecule has 0 unspecified atom stereocenters. The van der Waals surface area contributed by atoms with Crippen molar-refractivity contribution in [3.63, 3.8) is 0 Å². The van der Waals surface area contributed by atoms with Crippen LogP contribution < -0.4 is 5.32 Å². The maximum Gasteiger partial charge on any atom is 0.235 e. The van der Waals surface area contributed by atoms with Crippen LogP contribution in [-0.2, 0) is 31.6 Å². The first kappa shape index (κ1) is 21.5. The van der Waals surface area contributed by atoms with E-state index in [2.05, 4.69) is 5.32 Å². The van der Waals surface area contributed by atoms with E-state index in [1.165, 1.54) is 4.31 Å². The minimum atomic E-state index is -3.27. The zero-order valence-corrected chi connectivity index (χ0v) is 17.7. The predicted molar refractivity (Wildman–Crippen MR) is 114 cm³/mol. The van der Waals surface area contributed by atoms with Crippen molar-refractivity contribution in [3.05, 3.63) is 65.7 Å². The third kappa shape index (κ3) is 4.52. The molecule has 0 bridgehead atoms. The highest BCUT2D eigenvalue weighted by atomic mass is 32.2. The van der Waals surface area contributed by atoms with E-state index in [-0.39, 0.29) is 11.7 Å². The molecule has 2 aromatic carbocycles. The maximum absolute atomic E-state index is 13.6. The Balaban J connectivity index is 1.91. The number of nitrogens with one attached hydrogen (secondary N) is 1. The number of hydrogen-bond donors (Lipinski definition) is 1. The first-order valence-electron chi connectivity index (χ1n) is 9.84. The molecule has 3 rings (SSSR count). The smallest absolute Gasteiger partial charge is 0.235 e. The number of methoxy groups -OCH3 is 1. The summed E-state index contributed by atoms with van der Waals surface area (Å²) < 4.78 is 31.3. The van der Waals surface area contributed by atoms with Crippen molar-refractivity contribution in [2.75, 3.05) is 31.3 Å². The standard InChI is InChI=1S/C22H28N2O4S/c1-3-29(26,27)24-15-13-22(14-16-24,19-10-5-4-6-11-19)21(25)23-20-12-8-7-9-18(20)17-28-2/h4-12H,3,13-17H2,1-2H3,(H,23,25).